The van der Waals surface area contributed by atoms with E-state index < -0.39 is 0 Å². The number of hydrogen-bond donors (Lipinski definition) is 1. The van der Waals surface area contributed by atoms with Crippen molar-refractivity contribution >= 4 is 11.8 Å². The van der Waals surface area contributed by atoms with E-state index in [-0.39, 0.29) is 30.3 Å². The first kappa shape index (κ1) is 19.8. The molecule has 0 unspecified atom stereocenters. The van der Waals surface area contributed by atoms with E-state index in [2.05, 4.69) is 11.4 Å². The van der Waals surface area contributed by atoms with Crippen LogP contribution < -0.4 is 5.32 Å². The second kappa shape index (κ2) is 10.4. The summed E-state index contributed by atoms with van der Waals surface area (Å²) in [6, 6.07) is 2.31. The van der Waals surface area contributed by atoms with Crippen molar-refractivity contribution in [2.45, 2.75) is 83.6 Å². The van der Waals surface area contributed by atoms with Crippen LogP contribution in [0.15, 0.2) is 0 Å². The zero-order valence-corrected chi connectivity index (χ0v) is 15.6. The van der Waals surface area contributed by atoms with Crippen LogP contribution in [-0.2, 0) is 9.59 Å². The molecule has 2 saturated carbocycles. The number of rotatable bonds is 7. The van der Waals surface area contributed by atoms with Gasteiger partial charge in [0.25, 0.3) is 0 Å². The predicted molar refractivity (Wildman–Crippen MR) is 97.6 cm³/mol. The Balaban J connectivity index is 1.72. The number of carbonyl (C=O) groups is 2. The van der Waals surface area contributed by atoms with Gasteiger partial charge in [-0.1, -0.05) is 26.2 Å². The highest BCUT2D eigenvalue weighted by atomic mass is 16.2. The second-order valence-corrected chi connectivity index (χ2v) is 7.74. The van der Waals surface area contributed by atoms with Crippen LogP contribution >= 0.6 is 0 Å². The molecular formula is C20H33N3O2. The Labute approximate surface area is 152 Å². The number of nitrogens with one attached hydrogen (secondary N) is 1. The van der Waals surface area contributed by atoms with Crippen molar-refractivity contribution in [2.75, 3.05) is 13.1 Å². The molecule has 0 aromatic heterocycles. The molecule has 5 heteroatoms. The molecule has 5 nitrogen and oxygen atoms in total. The van der Waals surface area contributed by atoms with Gasteiger partial charge in [0.15, 0.2) is 0 Å². The fourth-order valence-corrected chi connectivity index (χ4v) is 4.31. The largest absolute Gasteiger partial charge is 0.353 e. The highest BCUT2D eigenvalue weighted by Gasteiger charge is 2.30. The number of amides is 2. The van der Waals surface area contributed by atoms with Crippen LogP contribution in [0, 0.1) is 23.2 Å². The van der Waals surface area contributed by atoms with Gasteiger partial charge in [0.2, 0.25) is 11.8 Å². The van der Waals surface area contributed by atoms with E-state index in [1.54, 1.807) is 4.90 Å². The molecule has 0 saturated heterocycles. The summed E-state index contributed by atoms with van der Waals surface area (Å²) in [7, 11) is 0. The molecule has 2 aliphatic rings. The van der Waals surface area contributed by atoms with Crippen LogP contribution in [0.2, 0.25) is 0 Å². The van der Waals surface area contributed by atoms with Gasteiger partial charge in [-0.25, -0.2) is 0 Å². The van der Waals surface area contributed by atoms with Gasteiger partial charge in [-0.3, -0.25) is 9.59 Å². The normalized spacial score (nSPS) is 24.3. The number of carbonyl (C=O) groups excluding carboxylic acids is 2. The van der Waals surface area contributed by atoms with Crippen molar-refractivity contribution in [3.63, 3.8) is 0 Å². The predicted octanol–water partition coefficient (Wildman–Crippen LogP) is 3.39. The van der Waals surface area contributed by atoms with E-state index in [1.165, 1.54) is 32.1 Å². The second-order valence-electron chi connectivity index (χ2n) is 7.74. The van der Waals surface area contributed by atoms with Crippen LogP contribution in [0.1, 0.15) is 77.6 Å². The summed E-state index contributed by atoms with van der Waals surface area (Å²) in [6.45, 7) is 2.87. The lowest BCUT2D eigenvalue weighted by Gasteiger charge is -2.32. The first-order valence-corrected chi connectivity index (χ1v) is 10.1. The van der Waals surface area contributed by atoms with E-state index in [0.717, 1.165) is 32.1 Å². The number of hydrogen-bond acceptors (Lipinski definition) is 3. The Morgan fingerprint density at radius 3 is 2.36 bits per heavy atom. The average molecular weight is 348 g/mol. The van der Waals surface area contributed by atoms with Crippen LogP contribution in [0.25, 0.3) is 0 Å². The van der Waals surface area contributed by atoms with E-state index in [0.29, 0.717) is 18.9 Å². The zero-order valence-electron chi connectivity index (χ0n) is 15.6. The lowest BCUT2D eigenvalue weighted by Crippen LogP contribution is -2.43. The molecule has 0 atom stereocenters. The van der Waals surface area contributed by atoms with Gasteiger partial charge in [0.05, 0.1) is 6.07 Å². The van der Waals surface area contributed by atoms with Crippen molar-refractivity contribution in [2.24, 2.45) is 11.8 Å². The molecule has 0 radical (unpaired) electrons. The molecule has 2 fully saturated rings. The van der Waals surface area contributed by atoms with Gasteiger partial charge >= 0.3 is 0 Å². The summed E-state index contributed by atoms with van der Waals surface area (Å²) in [4.78, 5) is 26.5. The zero-order chi connectivity index (χ0) is 18.1. The van der Waals surface area contributed by atoms with E-state index >= 15 is 0 Å². The highest BCUT2D eigenvalue weighted by molar-refractivity contribution is 5.79. The summed E-state index contributed by atoms with van der Waals surface area (Å²) >= 11 is 0. The summed E-state index contributed by atoms with van der Waals surface area (Å²) < 4.78 is 0. The van der Waals surface area contributed by atoms with Crippen molar-refractivity contribution in [1.82, 2.24) is 10.2 Å². The Kier molecular flexibility index (Phi) is 8.24. The standard InChI is InChI=1S/C20H33N3O2/c1-2-13-23(14-12-21)20(25)17-8-10-18(11-9-17)22-19(24)15-16-6-4-3-5-7-16/h16-18H,2-11,13-15H2,1H3,(H,22,24). The quantitative estimate of drug-likeness (QED) is 0.717. The fourth-order valence-electron chi connectivity index (χ4n) is 4.31. The first-order chi connectivity index (χ1) is 12.1. The minimum absolute atomic E-state index is 0.0198. The number of nitriles is 1. The molecule has 2 amide bonds. The molecule has 0 bridgehead atoms. The molecule has 2 rings (SSSR count). The molecule has 0 aromatic carbocycles. The van der Waals surface area contributed by atoms with E-state index in [9.17, 15) is 9.59 Å². The van der Waals surface area contributed by atoms with Crippen molar-refractivity contribution in [1.29, 1.82) is 5.26 Å². The van der Waals surface area contributed by atoms with Crippen molar-refractivity contribution < 1.29 is 9.59 Å². The SMILES string of the molecule is CCCN(CC#N)C(=O)C1CCC(NC(=O)CC2CCCCC2)CC1. The lowest BCUT2D eigenvalue weighted by atomic mass is 9.84. The van der Waals surface area contributed by atoms with E-state index in [1.807, 2.05) is 6.92 Å². The molecule has 2 aliphatic carbocycles. The monoisotopic (exact) mass is 347 g/mol. The Morgan fingerprint density at radius 1 is 1.08 bits per heavy atom. The summed E-state index contributed by atoms with van der Waals surface area (Å²) in [5.41, 5.74) is 0. The van der Waals surface area contributed by atoms with Crippen molar-refractivity contribution in [3.8, 4) is 6.07 Å². The molecule has 0 spiro atoms. The fraction of sp³-hybridized carbons (Fsp3) is 0.850. The van der Waals surface area contributed by atoms with Gasteiger partial charge in [0, 0.05) is 24.9 Å². The van der Waals surface area contributed by atoms with E-state index in [4.69, 9.17) is 5.26 Å². The maximum absolute atomic E-state index is 12.6. The molecule has 0 aliphatic heterocycles. The molecule has 140 valence electrons. The first-order valence-electron chi connectivity index (χ1n) is 10.1. The molecule has 0 heterocycles. The lowest BCUT2D eigenvalue weighted by molar-refractivity contribution is -0.136. The summed E-state index contributed by atoms with van der Waals surface area (Å²) in [5.74, 6) is 0.904. The van der Waals surface area contributed by atoms with Gasteiger partial charge in [-0.2, -0.15) is 5.26 Å². The molecular weight excluding hydrogens is 314 g/mol. The van der Waals surface area contributed by atoms with Gasteiger partial charge in [0.1, 0.15) is 6.54 Å². The molecule has 25 heavy (non-hydrogen) atoms. The maximum Gasteiger partial charge on any atom is 0.226 e. The minimum Gasteiger partial charge on any atom is -0.353 e. The van der Waals surface area contributed by atoms with Crippen LogP contribution in [0.4, 0.5) is 0 Å². The Bertz CT molecular complexity index is 472. The van der Waals surface area contributed by atoms with Crippen LogP contribution in [-0.4, -0.2) is 35.8 Å². The smallest absolute Gasteiger partial charge is 0.226 e. The van der Waals surface area contributed by atoms with Gasteiger partial charge in [-0.05, 0) is 50.9 Å². The number of nitrogens with zero attached hydrogens (tertiary/aromatic N) is 2. The Morgan fingerprint density at radius 2 is 1.76 bits per heavy atom. The Hall–Kier alpha value is -1.57. The van der Waals surface area contributed by atoms with Crippen molar-refractivity contribution in [3.05, 3.63) is 0 Å². The maximum atomic E-state index is 12.6. The molecule has 0 aromatic rings. The molecule has 1 N–H and O–H groups in total. The van der Waals surface area contributed by atoms with Crippen LogP contribution in [0.5, 0.6) is 0 Å². The minimum atomic E-state index is 0.0198. The third kappa shape index (κ3) is 6.34. The topological polar surface area (TPSA) is 73.2 Å². The third-order valence-corrected chi connectivity index (χ3v) is 5.71. The van der Waals surface area contributed by atoms with Crippen LogP contribution in [0.3, 0.4) is 0 Å². The van der Waals surface area contributed by atoms with Gasteiger partial charge < -0.3 is 10.2 Å². The average Bonchev–Trinajstić information content (AvgIpc) is 2.62. The third-order valence-electron chi connectivity index (χ3n) is 5.71. The highest BCUT2D eigenvalue weighted by Crippen LogP contribution is 2.28. The summed E-state index contributed by atoms with van der Waals surface area (Å²) in [5, 5.41) is 12.1. The summed E-state index contributed by atoms with van der Waals surface area (Å²) in [6.07, 6.45) is 11.2. The van der Waals surface area contributed by atoms with Gasteiger partial charge in [-0.15, -0.1) is 0 Å².